The number of halogens is 1. The van der Waals surface area contributed by atoms with Crippen LogP contribution in [0.3, 0.4) is 0 Å². The molecule has 1 aliphatic heterocycles. The van der Waals surface area contributed by atoms with E-state index >= 15 is 0 Å². The molecule has 4 heteroatoms. The molecule has 0 saturated heterocycles. The molecule has 1 aromatic rings. The molecule has 1 aliphatic rings. The second-order valence-corrected chi connectivity index (χ2v) is 4.11. The number of rotatable bonds is 1. The Morgan fingerprint density at radius 2 is 2.38 bits per heavy atom. The number of esters is 1. The van der Waals surface area contributed by atoms with Gasteiger partial charge in [-0.2, -0.15) is 11.3 Å². The molecular weight excluding hydrogens is 252 g/mol. The zero-order valence-electron chi connectivity index (χ0n) is 6.49. The SMILES string of the molecule is O=C1C=C(Br)C(=Cc2ccsc2)O1. The van der Waals surface area contributed by atoms with E-state index in [2.05, 4.69) is 15.9 Å². The Hall–Kier alpha value is -0.870. The number of thiophene rings is 1. The van der Waals surface area contributed by atoms with Crippen LogP contribution in [0.15, 0.2) is 33.1 Å². The summed E-state index contributed by atoms with van der Waals surface area (Å²) in [6.07, 6.45) is 3.24. The molecule has 0 N–H and O–H groups in total. The second-order valence-electron chi connectivity index (χ2n) is 2.48. The molecule has 66 valence electrons. The third kappa shape index (κ3) is 1.89. The molecule has 0 fully saturated rings. The van der Waals surface area contributed by atoms with E-state index in [-0.39, 0.29) is 5.97 Å². The zero-order valence-corrected chi connectivity index (χ0v) is 8.89. The van der Waals surface area contributed by atoms with E-state index in [0.29, 0.717) is 10.2 Å². The molecule has 2 rings (SSSR count). The standard InChI is InChI=1S/C9H5BrO2S/c10-7-4-9(11)12-8(7)3-6-1-2-13-5-6/h1-5H. The molecule has 1 aromatic heterocycles. The van der Waals surface area contributed by atoms with Crippen molar-refractivity contribution in [1.82, 2.24) is 0 Å². The van der Waals surface area contributed by atoms with Gasteiger partial charge in [-0.3, -0.25) is 0 Å². The summed E-state index contributed by atoms with van der Waals surface area (Å²) in [5, 5.41) is 3.96. The molecule has 13 heavy (non-hydrogen) atoms. The van der Waals surface area contributed by atoms with Crippen LogP contribution in [0.25, 0.3) is 6.08 Å². The lowest BCUT2D eigenvalue weighted by molar-refractivity contribution is -0.132. The predicted molar refractivity (Wildman–Crippen MR) is 55.4 cm³/mol. The fourth-order valence-electron chi connectivity index (χ4n) is 0.968. The molecular formula is C9H5BrO2S. The van der Waals surface area contributed by atoms with E-state index in [1.54, 1.807) is 11.3 Å². The lowest BCUT2D eigenvalue weighted by Crippen LogP contribution is -1.89. The third-order valence-corrected chi connectivity index (χ3v) is 2.85. The fourth-order valence-corrected chi connectivity index (χ4v) is 1.97. The van der Waals surface area contributed by atoms with Crippen LogP contribution in [-0.4, -0.2) is 5.97 Å². The monoisotopic (exact) mass is 256 g/mol. The summed E-state index contributed by atoms with van der Waals surface area (Å²) in [5.41, 5.74) is 1.04. The highest BCUT2D eigenvalue weighted by Crippen LogP contribution is 2.27. The topological polar surface area (TPSA) is 26.3 Å². The summed E-state index contributed by atoms with van der Waals surface area (Å²) in [6, 6.07) is 1.96. The smallest absolute Gasteiger partial charge is 0.337 e. The van der Waals surface area contributed by atoms with Gasteiger partial charge in [-0.1, -0.05) is 0 Å². The van der Waals surface area contributed by atoms with Gasteiger partial charge in [0, 0.05) is 6.08 Å². The number of carbonyl (C=O) groups is 1. The van der Waals surface area contributed by atoms with Crippen LogP contribution >= 0.6 is 27.3 Å². The van der Waals surface area contributed by atoms with E-state index in [1.165, 1.54) is 6.08 Å². The lowest BCUT2D eigenvalue weighted by Gasteiger charge is -1.95. The van der Waals surface area contributed by atoms with E-state index < -0.39 is 0 Å². The first-order chi connectivity index (χ1) is 6.25. The van der Waals surface area contributed by atoms with Gasteiger partial charge in [0.05, 0.1) is 4.48 Å². The highest BCUT2D eigenvalue weighted by Gasteiger charge is 2.17. The Morgan fingerprint density at radius 1 is 1.54 bits per heavy atom. The third-order valence-electron chi connectivity index (χ3n) is 1.53. The number of cyclic esters (lactones) is 1. The molecule has 0 aliphatic carbocycles. The number of hydrogen-bond acceptors (Lipinski definition) is 3. The minimum Gasteiger partial charge on any atom is -0.422 e. The van der Waals surface area contributed by atoms with Gasteiger partial charge in [0.2, 0.25) is 0 Å². The van der Waals surface area contributed by atoms with Crippen molar-refractivity contribution in [2.24, 2.45) is 0 Å². The van der Waals surface area contributed by atoms with Gasteiger partial charge in [-0.05, 0) is 44.4 Å². The molecule has 0 radical (unpaired) electrons. The van der Waals surface area contributed by atoms with Crippen LogP contribution in [-0.2, 0) is 9.53 Å². The van der Waals surface area contributed by atoms with Gasteiger partial charge >= 0.3 is 5.97 Å². The first kappa shape index (κ1) is 8.72. The fraction of sp³-hybridized carbons (Fsp3) is 0. The maximum absolute atomic E-state index is 10.8. The zero-order chi connectivity index (χ0) is 9.26. The summed E-state index contributed by atoms with van der Waals surface area (Å²) < 4.78 is 5.63. The van der Waals surface area contributed by atoms with Gasteiger partial charge < -0.3 is 4.74 Å². The van der Waals surface area contributed by atoms with Crippen LogP contribution in [0.2, 0.25) is 0 Å². The van der Waals surface area contributed by atoms with E-state index in [9.17, 15) is 4.79 Å². The maximum atomic E-state index is 10.8. The Balaban J connectivity index is 2.29. The molecule has 2 heterocycles. The van der Waals surface area contributed by atoms with Gasteiger partial charge in [0.25, 0.3) is 0 Å². The average molecular weight is 257 g/mol. The summed E-state index contributed by atoms with van der Waals surface area (Å²) in [6.45, 7) is 0. The highest BCUT2D eigenvalue weighted by atomic mass is 79.9. The van der Waals surface area contributed by atoms with Crippen molar-refractivity contribution in [3.8, 4) is 0 Å². The predicted octanol–water partition coefficient (Wildman–Crippen LogP) is 2.92. The van der Waals surface area contributed by atoms with Crippen molar-refractivity contribution in [3.05, 3.63) is 38.7 Å². The summed E-state index contributed by atoms with van der Waals surface area (Å²) >= 11 is 4.85. The molecule has 0 unspecified atom stereocenters. The van der Waals surface area contributed by atoms with Crippen molar-refractivity contribution >= 4 is 39.3 Å². The number of ether oxygens (including phenoxy) is 1. The summed E-state index contributed by atoms with van der Waals surface area (Å²) in [7, 11) is 0. The molecule has 0 bridgehead atoms. The Kier molecular flexibility index (Phi) is 2.33. The van der Waals surface area contributed by atoms with Crippen LogP contribution in [0.1, 0.15) is 5.56 Å². The summed E-state index contributed by atoms with van der Waals surface area (Å²) in [4.78, 5) is 10.8. The Morgan fingerprint density at radius 3 is 2.92 bits per heavy atom. The minimum atomic E-state index is -0.326. The van der Waals surface area contributed by atoms with Crippen LogP contribution in [0, 0.1) is 0 Å². The van der Waals surface area contributed by atoms with Gasteiger partial charge in [0.15, 0.2) is 0 Å². The number of carbonyl (C=O) groups excluding carboxylic acids is 1. The van der Waals surface area contributed by atoms with E-state index in [0.717, 1.165) is 5.56 Å². The maximum Gasteiger partial charge on any atom is 0.337 e. The molecule has 2 nitrogen and oxygen atoms in total. The van der Waals surface area contributed by atoms with Gasteiger partial charge in [-0.25, -0.2) is 4.79 Å². The van der Waals surface area contributed by atoms with Crippen LogP contribution in [0.4, 0.5) is 0 Å². The van der Waals surface area contributed by atoms with Gasteiger partial charge in [0.1, 0.15) is 5.76 Å². The van der Waals surface area contributed by atoms with Crippen LogP contribution < -0.4 is 0 Å². The molecule has 0 aromatic carbocycles. The number of allylic oxidation sites excluding steroid dienone is 1. The summed E-state index contributed by atoms with van der Waals surface area (Å²) in [5.74, 6) is 0.247. The van der Waals surface area contributed by atoms with Crippen LogP contribution in [0.5, 0.6) is 0 Å². The van der Waals surface area contributed by atoms with Crippen molar-refractivity contribution in [2.45, 2.75) is 0 Å². The first-order valence-corrected chi connectivity index (χ1v) is 5.32. The van der Waals surface area contributed by atoms with Gasteiger partial charge in [-0.15, -0.1) is 0 Å². The largest absolute Gasteiger partial charge is 0.422 e. The molecule has 0 amide bonds. The Bertz CT molecular complexity index is 390. The van der Waals surface area contributed by atoms with Crippen molar-refractivity contribution in [3.63, 3.8) is 0 Å². The van der Waals surface area contributed by atoms with E-state index in [4.69, 9.17) is 4.74 Å². The Labute approximate surface area is 87.7 Å². The number of hydrogen-bond donors (Lipinski definition) is 0. The van der Waals surface area contributed by atoms with Crippen molar-refractivity contribution in [2.75, 3.05) is 0 Å². The highest BCUT2D eigenvalue weighted by molar-refractivity contribution is 9.12. The molecule has 0 spiro atoms. The second kappa shape index (κ2) is 3.47. The quantitative estimate of drug-likeness (QED) is 0.723. The average Bonchev–Trinajstić information content (AvgIpc) is 2.63. The molecule has 0 saturated carbocycles. The minimum absolute atomic E-state index is 0.326. The van der Waals surface area contributed by atoms with E-state index in [1.807, 2.05) is 22.9 Å². The van der Waals surface area contributed by atoms with Crippen molar-refractivity contribution in [1.29, 1.82) is 0 Å². The van der Waals surface area contributed by atoms with Crippen molar-refractivity contribution < 1.29 is 9.53 Å². The first-order valence-electron chi connectivity index (χ1n) is 3.59. The molecule has 0 atom stereocenters. The normalized spacial score (nSPS) is 19.0. The lowest BCUT2D eigenvalue weighted by atomic mass is 10.3.